The van der Waals surface area contributed by atoms with E-state index in [0.29, 0.717) is 18.6 Å². The van der Waals surface area contributed by atoms with E-state index < -0.39 is 0 Å². The standard InChI is InChI=1S/C12H19NOS/c1-4-11-5-6-12(15-11)9-10(14)7-8-13(2)3/h5-6H,4,7-9H2,1-3H3. The Morgan fingerprint density at radius 1 is 1.33 bits per heavy atom. The van der Waals surface area contributed by atoms with Crippen molar-refractivity contribution in [1.29, 1.82) is 0 Å². The van der Waals surface area contributed by atoms with Crippen LogP contribution in [-0.2, 0) is 17.6 Å². The van der Waals surface area contributed by atoms with Gasteiger partial charge in [0.2, 0.25) is 0 Å². The van der Waals surface area contributed by atoms with E-state index in [2.05, 4.69) is 19.1 Å². The van der Waals surface area contributed by atoms with Crippen molar-refractivity contribution in [3.8, 4) is 0 Å². The Balaban J connectivity index is 2.37. The van der Waals surface area contributed by atoms with Gasteiger partial charge >= 0.3 is 0 Å². The van der Waals surface area contributed by atoms with Crippen molar-refractivity contribution in [3.05, 3.63) is 21.9 Å². The first kappa shape index (κ1) is 12.4. The summed E-state index contributed by atoms with van der Waals surface area (Å²) in [5, 5.41) is 0. The molecule has 84 valence electrons. The summed E-state index contributed by atoms with van der Waals surface area (Å²) in [4.78, 5) is 16.2. The molecule has 0 saturated carbocycles. The molecule has 0 N–H and O–H groups in total. The molecular formula is C12H19NOS. The molecule has 0 unspecified atom stereocenters. The second-order valence-electron chi connectivity index (χ2n) is 3.99. The lowest BCUT2D eigenvalue weighted by Gasteiger charge is -2.07. The average Bonchev–Trinajstić information content (AvgIpc) is 2.62. The zero-order chi connectivity index (χ0) is 11.3. The van der Waals surface area contributed by atoms with E-state index in [1.807, 2.05) is 19.0 Å². The summed E-state index contributed by atoms with van der Waals surface area (Å²) in [6, 6.07) is 4.20. The van der Waals surface area contributed by atoms with Gasteiger partial charge in [0.25, 0.3) is 0 Å². The number of carbonyl (C=O) groups excluding carboxylic acids is 1. The van der Waals surface area contributed by atoms with E-state index in [1.165, 1.54) is 9.75 Å². The molecule has 0 aliphatic heterocycles. The zero-order valence-electron chi connectivity index (χ0n) is 9.75. The van der Waals surface area contributed by atoms with E-state index in [4.69, 9.17) is 0 Å². The molecule has 0 saturated heterocycles. The van der Waals surface area contributed by atoms with Crippen LogP contribution in [0.5, 0.6) is 0 Å². The van der Waals surface area contributed by atoms with Crippen LogP contribution >= 0.6 is 11.3 Å². The average molecular weight is 225 g/mol. The lowest BCUT2D eigenvalue weighted by Crippen LogP contribution is -2.17. The van der Waals surface area contributed by atoms with E-state index >= 15 is 0 Å². The Hall–Kier alpha value is -0.670. The van der Waals surface area contributed by atoms with Gasteiger partial charge in [0.15, 0.2) is 0 Å². The molecule has 2 nitrogen and oxygen atoms in total. The summed E-state index contributed by atoms with van der Waals surface area (Å²) in [7, 11) is 3.99. The second kappa shape index (κ2) is 6.03. The fraction of sp³-hybridized carbons (Fsp3) is 0.583. The second-order valence-corrected chi connectivity index (χ2v) is 5.24. The molecule has 0 radical (unpaired) electrons. The summed E-state index contributed by atoms with van der Waals surface area (Å²) in [5.74, 6) is 0.341. The minimum atomic E-state index is 0.341. The van der Waals surface area contributed by atoms with Gasteiger partial charge in [0, 0.05) is 29.1 Å². The van der Waals surface area contributed by atoms with Crippen molar-refractivity contribution >= 4 is 17.1 Å². The monoisotopic (exact) mass is 225 g/mol. The molecule has 1 heterocycles. The first-order chi connectivity index (χ1) is 7.11. The van der Waals surface area contributed by atoms with Crippen molar-refractivity contribution in [2.75, 3.05) is 20.6 Å². The number of nitrogens with zero attached hydrogens (tertiary/aromatic N) is 1. The molecule has 1 aromatic rings. The highest BCUT2D eigenvalue weighted by atomic mass is 32.1. The quantitative estimate of drug-likeness (QED) is 0.741. The Labute approximate surface area is 95.9 Å². The zero-order valence-corrected chi connectivity index (χ0v) is 10.6. The SMILES string of the molecule is CCc1ccc(CC(=O)CCN(C)C)s1. The summed E-state index contributed by atoms with van der Waals surface area (Å²) in [5.41, 5.74) is 0. The maximum atomic E-state index is 11.6. The van der Waals surface area contributed by atoms with Crippen molar-refractivity contribution in [3.63, 3.8) is 0 Å². The molecule has 0 spiro atoms. The predicted octanol–water partition coefficient (Wildman–Crippen LogP) is 2.37. The van der Waals surface area contributed by atoms with Crippen LogP contribution in [0.25, 0.3) is 0 Å². The van der Waals surface area contributed by atoms with Gasteiger partial charge in [-0.15, -0.1) is 11.3 Å². The summed E-state index contributed by atoms with van der Waals surface area (Å²) in [6.45, 7) is 2.99. The Bertz CT molecular complexity index is 317. The van der Waals surface area contributed by atoms with Crippen LogP contribution in [-0.4, -0.2) is 31.3 Å². The molecule has 0 aliphatic rings. The molecule has 15 heavy (non-hydrogen) atoms. The summed E-state index contributed by atoms with van der Waals surface area (Å²) in [6.07, 6.45) is 2.33. The minimum Gasteiger partial charge on any atom is -0.309 e. The van der Waals surface area contributed by atoms with Gasteiger partial charge in [0.1, 0.15) is 5.78 Å². The van der Waals surface area contributed by atoms with Crippen LogP contribution < -0.4 is 0 Å². The fourth-order valence-electron chi connectivity index (χ4n) is 1.34. The molecule has 0 bridgehead atoms. The van der Waals surface area contributed by atoms with E-state index in [9.17, 15) is 4.79 Å². The molecule has 0 aliphatic carbocycles. The number of hydrogen-bond acceptors (Lipinski definition) is 3. The van der Waals surface area contributed by atoms with Gasteiger partial charge in [-0.25, -0.2) is 0 Å². The maximum Gasteiger partial charge on any atom is 0.139 e. The topological polar surface area (TPSA) is 20.3 Å². The first-order valence-electron chi connectivity index (χ1n) is 5.36. The highest BCUT2D eigenvalue weighted by molar-refractivity contribution is 7.12. The molecule has 0 fully saturated rings. The number of carbonyl (C=O) groups is 1. The highest BCUT2D eigenvalue weighted by Gasteiger charge is 2.06. The highest BCUT2D eigenvalue weighted by Crippen LogP contribution is 2.17. The van der Waals surface area contributed by atoms with Crippen molar-refractivity contribution in [2.24, 2.45) is 0 Å². The first-order valence-corrected chi connectivity index (χ1v) is 6.17. The molecule has 0 atom stereocenters. The van der Waals surface area contributed by atoms with Gasteiger partial charge in [-0.3, -0.25) is 4.79 Å². The van der Waals surface area contributed by atoms with Crippen LogP contribution in [0, 0.1) is 0 Å². The maximum absolute atomic E-state index is 11.6. The molecule has 1 aromatic heterocycles. The van der Waals surface area contributed by atoms with Crippen LogP contribution in [0.2, 0.25) is 0 Å². The van der Waals surface area contributed by atoms with E-state index in [0.717, 1.165) is 13.0 Å². The number of hydrogen-bond donors (Lipinski definition) is 0. The number of rotatable bonds is 6. The minimum absolute atomic E-state index is 0.341. The third kappa shape index (κ3) is 4.58. The molecule has 0 amide bonds. The Morgan fingerprint density at radius 2 is 2.00 bits per heavy atom. The molecule has 1 rings (SSSR count). The van der Waals surface area contributed by atoms with Gasteiger partial charge < -0.3 is 4.90 Å². The molecule has 0 aromatic carbocycles. The number of aryl methyl sites for hydroxylation is 1. The van der Waals surface area contributed by atoms with E-state index in [-0.39, 0.29) is 0 Å². The number of ketones is 1. The van der Waals surface area contributed by atoms with Crippen LogP contribution in [0.15, 0.2) is 12.1 Å². The largest absolute Gasteiger partial charge is 0.309 e. The van der Waals surface area contributed by atoms with Crippen molar-refractivity contribution in [1.82, 2.24) is 4.90 Å². The van der Waals surface area contributed by atoms with Gasteiger partial charge in [-0.2, -0.15) is 0 Å². The number of Topliss-reactive ketones (excluding diaryl/α,β-unsaturated/α-hetero) is 1. The Kier molecular flexibility index (Phi) is 4.99. The van der Waals surface area contributed by atoms with Crippen molar-refractivity contribution in [2.45, 2.75) is 26.2 Å². The third-order valence-corrected chi connectivity index (χ3v) is 3.50. The van der Waals surface area contributed by atoms with Crippen molar-refractivity contribution < 1.29 is 4.79 Å². The lowest BCUT2D eigenvalue weighted by atomic mass is 10.2. The normalized spacial score (nSPS) is 10.9. The Morgan fingerprint density at radius 3 is 2.53 bits per heavy atom. The summed E-state index contributed by atoms with van der Waals surface area (Å²) < 4.78 is 0. The lowest BCUT2D eigenvalue weighted by molar-refractivity contribution is -0.118. The predicted molar refractivity (Wildman–Crippen MR) is 65.6 cm³/mol. The molecule has 3 heteroatoms. The third-order valence-electron chi connectivity index (χ3n) is 2.28. The van der Waals surface area contributed by atoms with Crippen LogP contribution in [0.1, 0.15) is 23.1 Å². The number of thiophene rings is 1. The summed E-state index contributed by atoms with van der Waals surface area (Å²) >= 11 is 1.76. The fourth-order valence-corrected chi connectivity index (χ4v) is 2.32. The van der Waals surface area contributed by atoms with Crippen LogP contribution in [0.3, 0.4) is 0 Å². The molecular weight excluding hydrogens is 206 g/mol. The van der Waals surface area contributed by atoms with Gasteiger partial charge in [-0.1, -0.05) is 6.92 Å². The van der Waals surface area contributed by atoms with Gasteiger partial charge in [-0.05, 0) is 32.6 Å². The van der Waals surface area contributed by atoms with Crippen LogP contribution in [0.4, 0.5) is 0 Å². The smallest absolute Gasteiger partial charge is 0.139 e. The van der Waals surface area contributed by atoms with Gasteiger partial charge in [0.05, 0.1) is 0 Å². The van der Waals surface area contributed by atoms with E-state index in [1.54, 1.807) is 11.3 Å².